The molecule has 0 fully saturated rings. The summed E-state index contributed by atoms with van der Waals surface area (Å²) in [5.74, 6) is -1.47. The maximum absolute atomic E-state index is 13.8. The van der Waals surface area contributed by atoms with Gasteiger partial charge in [-0.05, 0) is 37.3 Å². The summed E-state index contributed by atoms with van der Waals surface area (Å²) in [6, 6.07) is 2.85. The molecule has 0 spiro atoms. The molecule has 3 aromatic rings. The van der Waals surface area contributed by atoms with Gasteiger partial charge in [0.25, 0.3) is 11.2 Å². The molecule has 1 aliphatic carbocycles. The number of nitrogens with zero attached hydrogens (tertiary/aromatic N) is 3. The molecule has 4 rings (SSSR count). The highest BCUT2D eigenvalue weighted by molar-refractivity contribution is 7.18. The van der Waals surface area contributed by atoms with Crippen LogP contribution in [0.1, 0.15) is 23.3 Å². The van der Waals surface area contributed by atoms with Gasteiger partial charge >= 0.3 is 0 Å². The lowest BCUT2D eigenvalue weighted by atomic mass is 9.97. The van der Waals surface area contributed by atoms with Gasteiger partial charge in [0.15, 0.2) is 0 Å². The number of carbonyl (C=O) groups excluding carboxylic acids is 1. The van der Waals surface area contributed by atoms with E-state index in [1.165, 1.54) is 27.1 Å². The molecule has 8 nitrogen and oxygen atoms in total. The van der Waals surface area contributed by atoms with E-state index in [1.807, 2.05) is 0 Å². The van der Waals surface area contributed by atoms with E-state index in [0.29, 0.717) is 10.2 Å². The monoisotopic (exact) mass is 402 g/mol. The van der Waals surface area contributed by atoms with Crippen LogP contribution in [0.2, 0.25) is 0 Å². The normalized spacial score (nSPS) is 13.3. The van der Waals surface area contributed by atoms with Crippen LogP contribution in [0.15, 0.2) is 29.3 Å². The highest BCUT2D eigenvalue weighted by Gasteiger charge is 2.21. The third kappa shape index (κ3) is 3.26. The van der Waals surface area contributed by atoms with Crippen LogP contribution >= 0.6 is 11.3 Å². The summed E-state index contributed by atoms with van der Waals surface area (Å²) in [5.41, 5.74) is 0.0540. The Morgan fingerprint density at radius 2 is 2.14 bits per heavy atom. The number of hydrogen-bond donors (Lipinski definition) is 1. The van der Waals surface area contributed by atoms with Gasteiger partial charge in [-0.25, -0.2) is 9.37 Å². The lowest BCUT2D eigenvalue weighted by molar-refractivity contribution is -0.384. The second kappa shape index (κ2) is 7.12. The van der Waals surface area contributed by atoms with Crippen LogP contribution in [0.5, 0.6) is 0 Å². The molecule has 0 saturated heterocycles. The third-order valence-electron chi connectivity index (χ3n) is 4.69. The molecule has 0 atom stereocenters. The van der Waals surface area contributed by atoms with Gasteiger partial charge in [-0.2, -0.15) is 0 Å². The number of halogens is 1. The molecule has 0 radical (unpaired) electrons. The number of thiophene rings is 1. The number of fused-ring (bicyclic) bond motifs is 3. The largest absolute Gasteiger partial charge is 0.322 e. The molecule has 1 aromatic carbocycles. The van der Waals surface area contributed by atoms with Crippen molar-refractivity contribution in [1.82, 2.24) is 9.55 Å². The van der Waals surface area contributed by atoms with Crippen LogP contribution in [0.4, 0.5) is 15.8 Å². The zero-order valence-electron chi connectivity index (χ0n) is 14.6. The van der Waals surface area contributed by atoms with Gasteiger partial charge < -0.3 is 5.32 Å². The number of nitro benzene ring substituents is 1. The van der Waals surface area contributed by atoms with Crippen LogP contribution in [0, 0.1) is 15.9 Å². The number of nitrogens with one attached hydrogen (secondary N) is 1. The van der Waals surface area contributed by atoms with Gasteiger partial charge in [0.1, 0.15) is 17.2 Å². The predicted molar refractivity (Wildman–Crippen MR) is 102 cm³/mol. The smallest absolute Gasteiger partial charge is 0.271 e. The topological polar surface area (TPSA) is 107 Å². The van der Waals surface area contributed by atoms with E-state index in [2.05, 4.69) is 10.3 Å². The molecule has 28 heavy (non-hydrogen) atoms. The molecule has 1 aliphatic rings. The maximum atomic E-state index is 13.8. The van der Waals surface area contributed by atoms with E-state index >= 15 is 0 Å². The van der Waals surface area contributed by atoms with E-state index in [-0.39, 0.29) is 23.5 Å². The van der Waals surface area contributed by atoms with Crippen LogP contribution in [-0.4, -0.2) is 20.4 Å². The lowest BCUT2D eigenvalue weighted by Crippen LogP contribution is -2.28. The molecule has 10 heteroatoms. The number of aromatic nitrogens is 2. The average molecular weight is 402 g/mol. The molecular formula is C18H15FN4O4S. The minimum absolute atomic E-state index is 0.306. The van der Waals surface area contributed by atoms with Crippen LogP contribution in [0.25, 0.3) is 10.2 Å². The molecule has 0 saturated carbocycles. The molecule has 1 amide bonds. The number of non-ortho nitro benzene ring substituents is 1. The van der Waals surface area contributed by atoms with Crippen molar-refractivity contribution in [1.29, 1.82) is 0 Å². The SMILES string of the molecule is O=C(Cn1cnc2sc3c(c2c1=O)CCCC3)Nc1cc([N+](=O)[O-])ccc1F. The first kappa shape index (κ1) is 18.2. The number of benzene rings is 1. The summed E-state index contributed by atoms with van der Waals surface area (Å²) in [7, 11) is 0. The Kier molecular flexibility index (Phi) is 4.63. The first-order valence-electron chi connectivity index (χ1n) is 8.67. The zero-order valence-corrected chi connectivity index (χ0v) is 15.4. The summed E-state index contributed by atoms with van der Waals surface area (Å²) >= 11 is 1.51. The number of anilines is 1. The van der Waals surface area contributed by atoms with Gasteiger partial charge in [-0.3, -0.25) is 24.3 Å². The summed E-state index contributed by atoms with van der Waals surface area (Å²) in [4.78, 5) is 41.4. The number of rotatable bonds is 4. The van der Waals surface area contributed by atoms with Crippen molar-refractivity contribution in [2.75, 3.05) is 5.32 Å². The second-order valence-electron chi connectivity index (χ2n) is 6.54. The van der Waals surface area contributed by atoms with Crippen molar-refractivity contribution in [3.63, 3.8) is 0 Å². The summed E-state index contributed by atoms with van der Waals surface area (Å²) < 4.78 is 15.0. The second-order valence-corrected chi connectivity index (χ2v) is 7.62. The third-order valence-corrected chi connectivity index (χ3v) is 5.89. The molecule has 144 valence electrons. The first-order chi connectivity index (χ1) is 13.4. The van der Waals surface area contributed by atoms with Crippen molar-refractivity contribution in [2.24, 2.45) is 0 Å². The summed E-state index contributed by atoms with van der Waals surface area (Å²) in [6.45, 7) is -0.367. The highest BCUT2D eigenvalue weighted by atomic mass is 32.1. The summed E-state index contributed by atoms with van der Waals surface area (Å²) in [5, 5.41) is 13.7. The molecular weight excluding hydrogens is 387 g/mol. The Morgan fingerprint density at radius 3 is 2.93 bits per heavy atom. The van der Waals surface area contributed by atoms with E-state index in [1.54, 1.807) is 0 Å². The van der Waals surface area contributed by atoms with Crippen molar-refractivity contribution in [2.45, 2.75) is 32.2 Å². The van der Waals surface area contributed by atoms with E-state index in [4.69, 9.17) is 0 Å². The van der Waals surface area contributed by atoms with E-state index in [9.17, 15) is 24.1 Å². The van der Waals surface area contributed by atoms with Gasteiger partial charge in [0.05, 0.1) is 22.3 Å². The average Bonchev–Trinajstić information content (AvgIpc) is 3.05. The minimum atomic E-state index is -0.799. The van der Waals surface area contributed by atoms with Crippen molar-refractivity contribution >= 4 is 38.8 Å². The number of amides is 1. The number of hydrogen-bond acceptors (Lipinski definition) is 6. The highest BCUT2D eigenvalue weighted by Crippen LogP contribution is 2.33. The number of carbonyl (C=O) groups is 1. The van der Waals surface area contributed by atoms with Crippen molar-refractivity contribution in [3.05, 3.63) is 61.3 Å². The number of nitro groups is 1. The quantitative estimate of drug-likeness (QED) is 0.533. The lowest BCUT2D eigenvalue weighted by Gasteiger charge is -2.11. The summed E-state index contributed by atoms with van der Waals surface area (Å²) in [6.07, 6.45) is 5.16. The molecule has 1 N–H and O–H groups in total. The minimum Gasteiger partial charge on any atom is -0.322 e. The molecule has 0 bridgehead atoms. The van der Waals surface area contributed by atoms with E-state index in [0.717, 1.165) is 49.4 Å². The van der Waals surface area contributed by atoms with Crippen LogP contribution in [0.3, 0.4) is 0 Å². The Hall–Kier alpha value is -3.14. The predicted octanol–water partition coefficient (Wildman–Crippen LogP) is 3.02. The first-order valence-corrected chi connectivity index (χ1v) is 9.49. The molecule has 2 heterocycles. The van der Waals surface area contributed by atoms with Crippen LogP contribution in [-0.2, 0) is 24.2 Å². The van der Waals surface area contributed by atoms with Crippen molar-refractivity contribution < 1.29 is 14.1 Å². The fraction of sp³-hybridized carbons (Fsp3) is 0.278. The number of aryl methyl sites for hydroxylation is 2. The Balaban J connectivity index is 1.61. The molecule has 2 aromatic heterocycles. The van der Waals surface area contributed by atoms with Gasteiger partial charge in [-0.1, -0.05) is 0 Å². The van der Waals surface area contributed by atoms with Crippen molar-refractivity contribution in [3.8, 4) is 0 Å². The fourth-order valence-corrected chi connectivity index (χ4v) is 4.58. The maximum Gasteiger partial charge on any atom is 0.271 e. The molecule has 0 unspecified atom stereocenters. The fourth-order valence-electron chi connectivity index (χ4n) is 3.36. The van der Waals surface area contributed by atoms with Gasteiger partial charge in [0.2, 0.25) is 5.91 Å². The zero-order chi connectivity index (χ0) is 19.8. The molecule has 0 aliphatic heterocycles. The Labute approximate surface area is 161 Å². The Bertz CT molecular complexity index is 1170. The van der Waals surface area contributed by atoms with E-state index < -0.39 is 16.6 Å². The van der Waals surface area contributed by atoms with Gasteiger partial charge in [0, 0.05) is 17.0 Å². The Morgan fingerprint density at radius 1 is 1.36 bits per heavy atom. The standard InChI is InChI=1S/C18H15FN4O4S/c19-12-6-5-10(23(26)27)7-13(12)21-15(24)8-22-9-20-17-16(18(22)25)11-3-1-2-4-14(11)28-17/h5-7,9H,1-4,8H2,(H,21,24). The van der Waals surface area contributed by atoms with Gasteiger partial charge in [-0.15, -0.1) is 11.3 Å². The van der Waals surface area contributed by atoms with Crippen LogP contribution < -0.4 is 10.9 Å².